The Labute approximate surface area is 108 Å². The molecule has 0 aromatic heterocycles. The minimum absolute atomic E-state index is 0.416. The average Bonchev–Trinajstić information content (AvgIpc) is 2.29. The Balaban J connectivity index is 2.32. The third-order valence-electron chi connectivity index (χ3n) is 2.27. The minimum atomic E-state index is -4.48. The number of carbonyl (C=O) groups is 1. The predicted octanol–water partition coefficient (Wildman–Crippen LogP) is 2.29. The molecule has 0 spiro atoms. The van der Waals surface area contributed by atoms with Gasteiger partial charge in [-0.05, 0) is 37.1 Å². The number of alkyl halides is 3. The lowest BCUT2D eigenvalue weighted by molar-refractivity contribution is -0.192. The molecule has 0 radical (unpaired) electrons. The van der Waals surface area contributed by atoms with Gasteiger partial charge in [-0.25, -0.2) is 5.48 Å². The fourth-order valence-electron chi connectivity index (χ4n) is 1.18. The van der Waals surface area contributed by atoms with Gasteiger partial charge in [-0.3, -0.25) is 9.63 Å². The Morgan fingerprint density at radius 2 is 1.95 bits per heavy atom. The fraction of sp³-hybridized carbons (Fsp3) is 0.417. The van der Waals surface area contributed by atoms with Gasteiger partial charge in [-0.2, -0.15) is 13.2 Å². The second-order valence-electron chi connectivity index (χ2n) is 3.96. The molecule has 4 nitrogen and oxygen atoms in total. The van der Waals surface area contributed by atoms with Crippen molar-refractivity contribution in [1.82, 2.24) is 5.48 Å². The number of rotatable bonds is 5. The first-order chi connectivity index (χ1) is 8.78. The van der Waals surface area contributed by atoms with Gasteiger partial charge in [-0.1, -0.05) is 6.07 Å². The highest BCUT2D eigenvalue weighted by molar-refractivity contribution is 5.76. The molecule has 0 saturated carbocycles. The number of hydrogen-bond donors (Lipinski definition) is 1. The van der Waals surface area contributed by atoms with Gasteiger partial charge < -0.3 is 4.74 Å². The molecule has 0 bridgehead atoms. The highest BCUT2D eigenvalue weighted by Crippen LogP contribution is 2.16. The van der Waals surface area contributed by atoms with Crippen LogP contribution in [0.4, 0.5) is 13.2 Å². The van der Waals surface area contributed by atoms with E-state index in [1.165, 1.54) is 0 Å². The third kappa shape index (κ3) is 6.10. The van der Waals surface area contributed by atoms with E-state index in [-0.39, 0.29) is 0 Å². The molecule has 0 aliphatic rings. The zero-order valence-electron chi connectivity index (χ0n) is 10.5. The number of nitrogens with one attached hydrogen (secondary N) is 1. The molecule has 1 amide bonds. The Morgan fingerprint density at radius 3 is 2.53 bits per heavy atom. The molecule has 1 rings (SSSR count). The van der Waals surface area contributed by atoms with Gasteiger partial charge >= 0.3 is 6.18 Å². The predicted molar refractivity (Wildman–Crippen MR) is 61.6 cm³/mol. The summed E-state index contributed by atoms with van der Waals surface area (Å²) in [6.45, 7) is 1.86. The standard InChI is InChI=1S/C12H14F3NO3/c1-8-3-4-10(5-9(8)2)18-6-11(17)16-19-7-12(13,14)15/h3-5H,6-7H2,1-2H3,(H,16,17). The highest BCUT2D eigenvalue weighted by atomic mass is 19.4. The second kappa shape index (κ2) is 6.42. The number of benzene rings is 1. The van der Waals surface area contributed by atoms with Crippen LogP contribution in [0.1, 0.15) is 11.1 Å². The van der Waals surface area contributed by atoms with Crippen LogP contribution in [0.5, 0.6) is 5.75 Å². The van der Waals surface area contributed by atoms with Crippen LogP contribution in [-0.2, 0) is 9.63 Å². The van der Waals surface area contributed by atoms with Crippen molar-refractivity contribution in [2.45, 2.75) is 20.0 Å². The molecule has 1 aromatic rings. The van der Waals surface area contributed by atoms with Crippen LogP contribution in [-0.4, -0.2) is 25.3 Å². The lowest BCUT2D eigenvalue weighted by Gasteiger charge is -2.10. The molecular weight excluding hydrogens is 263 g/mol. The molecule has 0 aliphatic carbocycles. The monoisotopic (exact) mass is 277 g/mol. The average molecular weight is 277 g/mol. The zero-order valence-corrected chi connectivity index (χ0v) is 10.5. The number of halogens is 3. The highest BCUT2D eigenvalue weighted by Gasteiger charge is 2.28. The van der Waals surface area contributed by atoms with Crippen molar-refractivity contribution in [1.29, 1.82) is 0 Å². The van der Waals surface area contributed by atoms with Crippen molar-refractivity contribution in [2.75, 3.05) is 13.2 Å². The van der Waals surface area contributed by atoms with Gasteiger partial charge in [-0.15, -0.1) is 0 Å². The van der Waals surface area contributed by atoms with Crippen LogP contribution in [0.15, 0.2) is 18.2 Å². The lowest BCUT2D eigenvalue weighted by atomic mass is 10.1. The number of ether oxygens (including phenoxy) is 1. The number of hydroxylamine groups is 1. The maximum Gasteiger partial charge on any atom is 0.414 e. The van der Waals surface area contributed by atoms with Crippen molar-refractivity contribution in [3.05, 3.63) is 29.3 Å². The summed E-state index contributed by atoms with van der Waals surface area (Å²) < 4.78 is 40.3. The minimum Gasteiger partial charge on any atom is -0.484 e. The van der Waals surface area contributed by atoms with Crippen molar-refractivity contribution in [3.8, 4) is 5.75 Å². The number of carbonyl (C=O) groups excluding carboxylic acids is 1. The van der Waals surface area contributed by atoms with Crippen LogP contribution in [0, 0.1) is 13.8 Å². The van der Waals surface area contributed by atoms with Crippen molar-refractivity contribution in [3.63, 3.8) is 0 Å². The maximum absolute atomic E-state index is 11.7. The van der Waals surface area contributed by atoms with Crippen molar-refractivity contribution >= 4 is 5.91 Å². The normalized spacial score (nSPS) is 11.2. The van der Waals surface area contributed by atoms with E-state index in [4.69, 9.17) is 4.74 Å². The van der Waals surface area contributed by atoms with Crippen molar-refractivity contribution in [2.24, 2.45) is 0 Å². The van der Waals surface area contributed by atoms with Gasteiger partial charge in [0.15, 0.2) is 13.2 Å². The lowest BCUT2D eigenvalue weighted by Crippen LogP contribution is -2.32. The molecule has 0 heterocycles. The second-order valence-corrected chi connectivity index (χ2v) is 3.96. The summed E-state index contributed by atoms with van der Waals surface area (Å²) in [4.78, 5) is 15.1. The Kier molecular flexibility index (Phi) is 5.17. The summed E-state index contributed by atoms with van der Waals surface area (Å²) >= 11 is 0. The van der Waals surface area contributed by atoms with Gasteiger partial charge in [0.2, 0.25) is 0 Å². The van der Waals surface area contributed by atoms with Gasteiger partial charge in [0.05, 0.1) is 0 Å². The SMILES string of the molecule is Cc1ccc(OCC(=O)NOCC(F)(F)F)cc1C. The molecule has 1 aromatic carbocycles. The van der Waals surface area contributed by atoms with E-state index in [1.54, 1.807) is 17.6 Å². The quantitative estimate of drug-likeness (QED) is 0.840. The maximum atomic E-state index is 11.7. The van der Waals surface area contributed by atoms with E-state index >= 15 is 0 Å². The Bertz CT molecular complexity index is 446. The van der Waals surface area contributed by atoms with E-state index in [2.05, 4.69) is 4.84 Å². The third-order valence-corrected chi connectivity index (χ3v) is 2.27. The number of hydrogen-bond acceptors (Lipinski definition) is 3. The summed E-state index contributed by atoms with van der Waals surface area (Å²) in [5.41, 5.74) is 3.72. The van der Waals surface area contributed by atoms with Gasteiger partial charge in [0.1, 0.15) is 5.75 Å². The summed E-state index contributed by atoms with van der Waals surface area (Å²) in [6.07, 6.45) is -4.48. The van der Waals surface area contributed by atoms with Gasteiger partial charge in [0, 0.05) is 0 Å². The molecule has 0 fully saturated rings. The van der Waals surface area contributed by atoms with E-state index in [9.17, 15) is 18.0 Å². The number of aryl methyl sites for hydroxylation is 2. The van der Waals surface area contributed by atoms with Crippen molar-refractivity contribution < 1.29 is 27.5 Å². The fourth-order valence-corrected chi connectivity index (χ4v) is 1.18. The van der Waals surface area contributed by atoms with Crippen LogP contribution in [0.2, 0.25) is 0 Å². The molecule has 19 heavy (non-hydrogen) atoms. The molecule has 7 heteroatoms. The largest absolute Gasteiger partial charge is 0.484 e. The molecule has 0 atom stereocenters. The molecule has 0 saturated heterocycles. The first kappa shape index (κ1) is 15.3. The molecule has 0 unspecified atom stereocenters. The molecule has 1 N–H and O–H groups in total. The Hall–Kier alpha value is -1.76. The zero-order chi connectivity index (χ0) is 14.5. The topological polar surface area (TPSA) is 47.6 Å². The van der Waals surface area contributed by atoms with Crippen LogP contribution >= 0.6 is 0 Å². The molecular formula is C12H14F3NO3. The first-order valence-corrected chi connectivity index (χ1v) is 5.45. The summed E-state index contributed by atoms with van der Waals surface area (Å²) in [5.74, 6) is -0.323. The van der Waals surface area contributed by atoms with E-state index in [1.807, 2.05) is 19.9 Å². The smallest absolute Gasteiger partial charge is 0.414 e. The molecule has 0 aliphatic heterocycles. The summed E-state index contributed by atoms with van der Waals surface area (Å²) in [5, 5.41) is 0. The number of amides is 1. The summed E-state index contributed by atoms with van der Waals surface area (Å²) in [6, 6.07) is 5.23. The molecule has 106 valence electrons. The van der Waals surface area contributed by atoms with Crippen LogP contribution in [0.3, 0.4) is 0 Å². The van der Waals surface area contributed by atoms with E-state index < -0.39 is 25.3 Å². The van der Waals surface area contributed by atoms with Crippen LogP contribution < -0.4 is 10.2 Å². The van der Waals surface area contributed by atoms with E-state index in [0.29, 0.717) is 5.75 Å². The van der Waals surface area contributed by atoms with Gasteiger partial charge in [0.25, 0.3) is 5.91 Å². The summed E-state index contributed by atoms with van der Waals surface area (Å²) in [7, 11) is 0. The first-order valence-electron chi connectivity index (χ1n) is 5.45. The Morgan fingerprint density at radius 1 is 1.26 bits per heavy atom. The van der Waals surface area contributed by atoms with E-state index in [0.717, 1.165) is 11.1 Å². The van der Waals surface area contributed by atoms with Crippen LogP contribution in [0.25, 0.3) is 0 Å².